The summed E-state index contributed by atoms with van der Waals surface area (Å²) >= 11 is 0. The Labute approximate surface area is 90.0 Å². The van der Waals surface area contributed by atoms with Gasteiger partial charge in [-0.05, 0) is 13.3 Å². The highest BCUT2D eigenvalue weighted by Crippen LogP contribution is 1.94. The van der Waals surface area contributed by atoms with E-state index >= 15 is 0 Å². The summed E-state index contributed by atoms with van der Waals surface area (Å²) in [4.78, 5) is 23.3. The van der Waals surface area contributed by atoms with Crippen LogP contribution in [0.2, 0.25) is 0 Å². The molecule has 0 saturated carbocycles. The molecule has 0 fully saturated rings. The highest BCUT2D eigenvalue weighted by atomic mass is 16.5. The minimum Gasteiger partial charge on any atom is -0.481 e. The molecule has 88 valence electrons. The zero-order valence-corrected chi connectivity index (χ0v) is 9.36. The second-order valence-electron chi connectivity index (χ2n) is 3.17. The highest BCUT2D eigenvalue weighted by Gasteiger charge is 2.12. The van der Waals surface area contributed by atoms with Crippen molar-refractivity contribution in [2.24, 2.45) is 0 Å². The summed E-state index contributed by atoms with van der Waals surface area (Å²) in [5.41, 5.74) is 0. The van der Waals surface area contributed by atoms with E-state index in [1.165, 1.54) is 4.90 Å². The molecule has 0 radical (unpaired) electrons. The number of nitrogens with zero attached hydrogens (tertiary/aromatic N) is 1. The van der Waals surface area contributed by atoms with Crippen LogP contribution < -0.4 is 0 Å². The molecular weight excluding hydrogens is 198 g/mol. The van der Waals surface area contributed by atoms with Gasteiger partial charge in [-0.15, -0.1) is 0 Å². The maximum Gasteiger partial charge on any atom is 0.305 e. The molecule has 0 saturated heterocycles. The van der Waals surface area contributed by atoms with Crippen molar-refractivity contribution in [3.8, 4) is 0 Å². The van der Waals surface area contributed by atoms with Crippen molar-refractivity contribution < 1.29 is 19.4 Å². The van der Waals surface area contributed by atoms with Gasteiger partial charge < -0.3 is 14.7 Å². The predicted molar refractivity (Wildman–Crippen MR) is 55.6 cm³/mol. The van der Waals surface area contributed by atoms with Crippen LogP contribution in [0.1, 0.15) is 26.7 Å². The summed E-state index contributed by atoms with van der Waals surface area (Å²) in [7, 11) is 0. The van der Waals surface area contributed by atoms with Crippen molar-refractivity contribution in [3.63, 3.8) is 0 Å². The summed E-state index contributed by atoms with van der Waals surface area (Å²) < 4.78 is 5.10. The number of carboxylic acid groups (broad SMARTS) is 1. The molecule has 5 heteroatoms. The number of carboxylic acids is 1. The van der Waals surface area contributed by atoms with Crippen molar-refractivity contribution in [2.75, 3.05) is 26.3 Å². The normalized spacial score (nSPS) is 10.0. The van der Waals surface area contributed by atoms with Gasteiger partial charge in [-0.3, -0.25) is 9.59 Å². The lowest BCUT2D eigenvalue weighted by Crippen LogP contribution is -2.35. The van der Waals surface area contributed by atoms with Crippen molar-refractivity contribution in [2.45, 2.75) is 26.7 Å². The van der Waals surface area contributed by atoms with E-state index in [-0.39, 0.29) is 25.5 Å². The number of hydrogen-bond donors (Lipinski definition) is 1. The van der Waals surface area contributed by atoms with E-state index in [4.69, 9.17) is 9.84 Å². The third-order valence-electron chi connectivity index (χ3n) is 1.90. The van der Waals surface area contributed by atoms with Gasteiger partial charge in [0.2, 0.25) is 5.91 Å². The van der Waals surface area contributed by atoms with Crippen LogP contribution in [-0.2, 0) is 14.3 Å². The summed E-state index contributed by atoms with van der Waals surface area (Å²) in [5.74, 6) is -1.04. The zero-order valence-electron chi connectivity index (χ0n) is 9.36. The summed E-state index contributed by atoms with van der Waals surface area (Å²) in [6.07, 6.45) is 0.849. The van der Waals surface area contributed by atoms with Crippen LogP contribution in [0, 0.1) is 0 Å². The number of likely N-dealkylation sites (N-methyl/N-ethyl adjacent to an activating group) is 1. The first-order chi connectivity index (χ1) is 7.11. The first-order valence-corrected chi connectivity index (χ1v) is 5.19. The molecule has 0 aliphatic heterocycles. The van der Waals surface area contributed by atoms with E-state index in [2.05, 4.69) is 0 Å². The summed E-state index contributed by atoms with van der Waals surface area (Å²) in [6, 6.07) is 0. The Morgan fingerprint density at radius 3 is 2.47 bits per heavy atom. The largest absolute Gasteiger partial charge is 0.481 e. The minimum absolute atomic E-state index is 0.0205. The van der Waals surface area contributed by atoms with Gasteiger partial charge in [0.05, 0.1) is 6.42 Å². The standard InChI is InChI=1S/C10H19NO4/c1-3-7-15-8-9(12)11(4-2)6-5-10(13)14/h3-8H2,1-2H3,(H,13,14). The maximum absolute atomic E-state index is 11.5. The number of ether oxygens (including phenoxy) is 1. The average Bonchev–Trinajstić information content (AvgIpc) is 2.18. The molecule has 0 unspecified atom stereocenters. The van der Waals surface area contributed by atoms with Crippen molar-refractivity contribution >= 4 is 11.9 Å². The topological polar surface area (TPSA) is 66.8 Å². The lowest BCUT2D eigenvalue weighted by atomic mass is 10.3. The lowest BCUT2D eigenvalue weighted by Gasteiger charge is -2.19. The smallest absolute Gasteiger partial charge is 0.305 e. The predicted octanol–water partition coefficient (Wildman–Crippen LogP) is 0.736. The van der Waals surface area contributed by atoms with Crippen LogP contribution in [0.3, 0.4) is 0 Å². The molecule has 15 heavy (non-hydrogen) atoms. The molecular formula is C10H19NO4. The number of aliphatic carboxylic acids is 1. The Morgan fingerprint density at radius 1 is 1.33 bits per heavy atom. The average molecular weight is 217 g/mol. The van der Waals surface area contributed by atoms with E-state index in [1.807, 2.05) is 13.8 Å². The van der Waals surface area contributed by atoms with Gasteiger partial charge in [-0.1, -0.05) is 6.92 Å². The minimum atomic E-state index is -0.893. The van der Waals surface area contributed by atoms with Gasteiger partial charge >= 0.3 is 5.97 Å². The molecule has 1 amide bonds. The molecule has 0 aliphatic rings. The van der Waals surface area contributed by atoms with Crippen LogP contribution in [-0.4, -0.2) is 48.2 Å². The van der Waals surface area contributed by atoms with E-state index in [0.717, 1.165) is 6.42 Å². The molecule has 0 heterocycles. The Morgan fingerprint density at radius 2 is 2.00 bits per heavy atom. The molecule has 0 spiro atoms. The van der Waals surface area contributed by atoms with E-state index in [0.29, 0.717) is 13.2 Å². The molecule has 0 aromatic heterocycles. The number of carbonyl (C=O) groups is 2. The molecule has 0 aromatic carbocycles. The van der Waals surface area contributed by atoms with Crippen molar-refractivity contribution in [1.29, 1.82) is 0 Å². The van der Waals surface area contributed by atoms with Gasteiger partial charge in [0.15, 0.2) is 0 Å². The number of carbonyl (C=O) groups excluding carboxylic acids is 1. The van der Waals surface area contributed by atoms with Crippen LogP contribution in [0.4, 0.5) is 0 Å². The van der Waals surface area contributed by atoms with Gasteiger partial charge in [0.1, 0.15) is 6.61 Å². The van der Waals surface area contributed by atoms with E-state index < -0.39 is 5.97 Å². The molecule has 1 N–H and O–H groups in total. The third kappa shape index (κ3) is 6.90. The molecule has 0 rings (SSSR count). The molecule has 0 aliphatic carbocycles. The Hall–Kier alpha value is -1.10. The SMILES string of the molecule is CCCOCC(=O)N(CC)CCC(=O)O. The van der Waals surface area contributed by atoms with E-state index in [1.54, 1.807) is 0 Å². The number of rotatable bonds is 8. The Balaban J connectivity index is 3.82. The summed E-state index contributed by atoms with van der Waals surface area (Å²) in [5, 5.41) is 8.48. The second-order valence-corrected chi connectivity index (χ2v) is 3.17. The number of amides is 1. The first kappa shape index (κ1) is 13.9. The lowest BCUT2D eigenvalue weighted by molar-refractivity contribution is -0.139. The zero-order chi connectivity index (χ0) is 11.7. The van der Waals surface area contributed by atoms with Gasteiger partial charge in [0, 0.05) is 19.7 Å². The fourth-order valence-electron chi connectivity index (χ4n) is 1.08. The number of hydrogen-bond acceptors (Lipinski definition) is 3. The van der Waals surface area contributed by atoms with Crippen molar-refractivity contribution in [1.82, 2.24) is 4.90 Å². The van der Waals surface area contributed by atoms with Gasteiger partial charge in [-0.25, -0.2) is 0 Å². The van der Waals surface area contributed by atoms with E-state index in [9.17, 15) is 9.59 Å². The Kier molecular flexibility index (Phi) is 7.62. The quantitative estimate of drug-likeness (QED) is 0.609. The second kappa shape index (κ2) is 8.23. The fraction of sp³-hybridized carbons (Fsp3) is 0.800. The summed E-state index contributed by atoms with van der Waals surface area (Å²) in [6.45, 7) is 5.15. The van der Waals surface area contributed by atoms with Gasteiger partial charge in [0.25, 0.3) is 0 Å². The third-order valence-corrected chi connectivity index (χ3v) is 1.90. The molecule has 0 bridgehead atoms. The maximum atomic E-state index is 11.5. The van der Waals surface area contributed by atoms with Crippen molar-refractivity contribution in [3.05, 3.63) is 0 Å². The first-order valence-electron chi connectivity index (χ1n) is 5.19. The molecule has 0 atom stereocenters. The van der Waals surface area contributed by atoms with Crippen LogP contribution >= 0.6 is 0 Å². The van der Waals surface area contributed by atoms with Crippen LogP contribution in [0.5, 0.6) is 0 Å². The van der Waals surface area contributed by atoms with Crippen LogP contribution in [0.25, 0.3) is 0 Å². The molecule has 5 nitrogen and oxygen atoms in total. The monoisotopic (exact) mass is 217 g/mol. The van der Waals surface area contributed by atoms with Gasteiger partial charge in [-0.2, -0.15) is 0 Å². The highest BCUT2D eigenvalue weighted by molar-refractivity contribution is 5.78. The fourth-order valence-corrected chi connectivity index (χ4v) is 1.08. The molecule has 0 aromatic rings. The van der Waals surface area contributed by atoms with Crippen LogP contribution in [0.15, 0.2) is 0 Å². The Bertz CT molecular complexity index is 206.